The number of imidazole rings is 1. The topological polar surface area (TPSA) is 59.4 Å². The van der Waals surface area contributed by atoms with Crippen LogP contribution in [0.25, 0.3) is 11.0 Å². The summed E-state index contributed by atoms with van der Waals surface area (Å²) in [5, 5.41) is 2.90. The third kappa shape index (κ3) is 3.87. The van der Waals surface area contributed by atoms with E-state index >= 15 is 0 Å². The van der Waals surface area contributed by atoms with Gasteiger partial charge < -0.3 is 14.6 Å². The number of fused-ring (bicyclic) bond motifs is 3. The van der Waals surface area contributed by atoms with Crippen molar-refractivity contribution < 1.29 is 9.53 Å². The third-order valence-corrected chi connectivity index (χ3v) is 5.19. The first-order valence-electron chi connectivity index (χ1n) is 9.72. The lowest BCUT2D eigenvalue weighted by Crippen LogP contribution is -2.38. The quantitative estimate of drug-likeness (QED) is 0.737. The van der Waals surface area contributed by atoms with Crippen LogP contribution in [0.4, 0.5) is 5.69 Å². The molecule has 0 fully saturated rings. The second-order valence-electron chi connectivity index (χ2n) is 7.60. The summed E-state index contributed by atoms with van der Waals surface area (Å²) >= 11 is 0. The number of amides is 1. The second kappa shape index (κ2) is 7.64. The van der Waals surface area contributed by atoms with Crippen LogP contribution >= 0.6 is 0 Å². The molecule has 0 bridgehead atoms. The van der Waals surface area contributed by atoms with E-state index in [9.17, 15) is 4.79 Å². The molecule has 1 amide bonds. The van der Waals surface area contributed by atoms with Crippen LogP contribution in [0.5, 0.6) is 5.75 Å². The predicted molar refractivity (Wildman–Crippen MR) is 111 cm³/mol. The first-order chi connectivity index (χ1) is 13.5. The van der Waals surface area contributed by atoms with Crippen molar-refractivity contribution in [1.82, 2.24) is 14.5 Å². The van der Waals surface area contributed by atoms with E-state index in [1.54, 1.807) is 0 Å². The molecule has 0 radical (unpaired) electrons. The number of hydrogen-bond acceptors (Lipinski definition) is 4. The Hall–Kier alpha value is -2.86. The van der Waals surface area contributed by atoms with E-state index in [2.05, 4.69) is 28.6 Å². The summed E-state index contributed by atoms with van der Waals surface area (Å²) < 4.78 is 7.82. The highest BCUT2D eigenvalue weighted by Crippen LogP contribution is 2.24. The molecule has 0 atom stereocenters. The minimum absolute atomic E-state index is 0.0237. The molecular formula is C22H26N4O2. The van der Waals surface area contributed by atoms with Gasteiger partial charge in [0.2, 0.25) is 0 Å². The minimum atomic E-state index is -0.185. The number of nitrogens with zero attached hydrogens (tertiary/aromatic N) is 3. The van der Waals surface area contributed by atoms with Gasteiger partial charge in [-0.2, -0.15) is 0 Å². The Kier molecular flexibility index (Phi) is 5.05. The summed E-state index contributed by atoms with van der Waals surface area (Å²) in [7, 11) is 0. The van der Waals surface area contributed by atoms with Gasteiger partial charge in [0.1, 0.15) is 11.6 Å². The zero-order valence-corrected chi connectivity index (χ0v) is 16.6. The van der Waals surface area contributed by atoms with E-state index in [1.165, 1.54) is 0 Å². The van der Waals surface area contributed by atoms with Gasteiger partial charge in [-0.15, -0.1) is 0 Å². The molecule has 1 N–H and O–H groups in total. The van der Waals surface area contributed by atoms with Crippen LogP contribution < -0.4 is 10.1 Å². The summed E-state index contributed by atoms with van der Waals surface area (Å²) in [6.45, 7) is 9.25. The lowest BCUT2D eigenvalue weighted by atomic mass is 10.2. The maximum Gasteiger partial charge on any atom is 0.262 e. The van der Waals surface area contributed by atoms with Crippen molar-refractivity contribution in [2.45, 2.75) is 39.9 Å². The van der Waals surface area contributed by atoms with Crippen molar-refractivity contribution >= 4 is 22.6 Å². The molecule has 1 aromatic heterocycles. The molecular weight excluding hydrogens is 352 g/mol. The number of hydrogen-bond donors (Lipinski definition) is 1. The summed E-state index contributed by atoms with van der Waals surface area (Å²) in [5.74, 6) is 1.59. The third-order valence-electron chi connectivity index (χ3n) is 5.19. The van der Waals surface area contributed by atoms with Crippen molar-refractivity contribution in [3.8, 4) is 5.75 Å². The molecule has 0 aliphatic carbocycles. The number of rotatable bonds is 5. The first kappa shape index (κ1) is 18.5. The van der Waals surface area contributed by atoms with Gasteiger partial charge in [0.15, 0.2) is 6.61 Å². The fourth-order valence-corrected chi connectivity index (χ4v) is 3.54. The average Bonchev–Trinajstić information content (AvgIpc) is 3.04. The molecule has 28 heavy (non-hydrogen) atoms. The number of carbonyl (C=O) groups is 1. The van der Waals surface area contributed by atoms with Crippen LogP contribution in [0.2, 0.25) is 0 Å². The number of aryl methyl sites for hydroxylation is 1. The monoisotopic (exact) mass is 378 g/mol. The van der Waals surface area contributed by atoms with Gasteiger partial charge in [0.05, 0.1) is 17.6 Å². The number of benzene rings is 2. The molecule has 1 aliphatic heterocycles. The highest BCUT2D eigenvalue weighted by molar-refractivity contribution is 5.94. The van der Waals surface area contributed by atoms with E-state index in [1.807, 2.05) is 49.4 Å². The summed E-state index contributed by atoms with van der Waals surface area (Å²) in [4.78, 5) is 19.5. The lowest BCUT2D eigenvalue weighted by Gasteiger charge is -2.30. The van der Waals surface area contributed by atoms with E-state index in [0.717, 1.165) is 47.7 Å². The normalized spacial score (nSPS) is 14.3. The molecule has 1 aliphatic rings. The maximum atomic E-state index is 12.2. The van der Waals surface area contributed by atoms with E-state index in [-0.39, 0.29) is 12.5 Å². The summed E-state index contributed by atoms with van der Waals surface area (Å²) in [6.07, 6.45) is 0. The number of aromatic nitrogens is 2. The lowest BCUT2D eigenvalue weighted by molar-refractivity contribution is -0.118. The van der Waals surface area contributed by atoms with Gasteiger partial charge in [0.25, 0.3) is 5.91 Å². The molecule has 2 heterocycles. The number of nitrogens with one attached hydrogen (secondary N) is 1. The van der Waals surface area contributed by atoms with Gasteiger partial charge in [-0.1, -0.05) is 17.7 Å². The Morgan fingerprint density at radius 3 is 2.71 bits per heavy atom. The molecule has 4 rings (SSSR count). The highest BCUT2D eigenvalue weighted by Gasteiger charge is 2.21. The van der Waals surface area contributed by atoms with Crippen LogP contribution in [0.1, 0.15) is 25.2 Å². The molecule has 0 spiro atoms. The molecule has 3 aromatic rings. The Morgan fingerprint density at radius 1 is 1.18 bits per heavy atom. The largest absolute Gasteiger partial charge is 0.484 e. The van der Waals surface area contributed by atoms with Gasteiger partial charge in [-0.25, -0.2) is 4.98 Å². The van der Waals surface area contributed by atoms with Crippen LogP contribution in [0.15, 0.2) is 42.5 Å². The highest BCUT2D eigenvalue weighted by atomic mass is 16.5. The number of ether oxygens (including phenoxy) is 1. The van der Waals surface area contributed by atoms with Crippen LogP contribution in [-0.4, -0.2) is 39.6 Å². The standard InChI is InChI=1S/C22H26N4O2/c1-15(2)25-10-11-26-20-9-6-17(12-19(20)24-21(26)13-25)23-22(27)14-28-18-7-4-16(3)5-8-18/h4-9,12,15H,10-11,13-14H2,1-3H3,(H,23,27). The van der Waals surface area contributed by atoms with Gasteiger partial charge in [-0.05, 0) is 51.1 Å². The maximum absolute atomic E-state index is 12.2. The van der Waals surface area contributed by atoms with Gasteiger partial charge in [0, 0.05) is 24.8 Å². The molecule has 6 heteroatoms. The van der Waals surface area contributed by atoms with Gasteiger partial charge >= 0.3 is 0 Å². The summed E-state index contributed by atoms with van der Waals surface area (Å²) in [6, 6.07) is 14.1. The second-order valence-corrected chi connectivity index (χ2v) is 7.60. The molecule has 0 unspecified atom stereocenters. The molecule has 0 saturated carbocycles. The van der Waals surface area contributed by atoms with Crippen molar-refractivity contribution in [3.05, 3.63) is 53.9 Å². The summed E-state index contributed by atoms with van der Waals surface area (Å²) in [5.41, 5.74) is 3.93. The van der Waals surface area contributed by atoms with Crippen LogP contribution in [-0.2, 0) is 17.9 Å². The Labute approximate surface area is 165 Å². The smallest absolute Gasteiger partial charge is 0.262 e. The minimum Gasteiger partial charge on any atom is -0.484 e. The zero-order valence-electron chi connectivity index (χ0n) is 16.6. The van der Waals surface area contributed by atoms with Crippen LogP contribution in [0.3, 0.4) is 0 Å². The SMILES string of the molecule is Cc1ccc(OCC(=O)Nc2ccc3c(c2)nc2n3CCN(C(C)C)C2)cc1. The molecule has 146 valence electrons. The van der Waals surface area contributed by atoms with E-state index in [4.69, 9.17) is 9.72 Å². The zero-order chi connectivity index (χ0) is 19.7. The molecule has 2 aromatic carbocycles. The first-order valence-corrected chi connectivity index (χ1v) is 9.72. The fraction of sp³-hybridized carbons (Fsp3) is 0.364. The van der Waals surface area contributed by atoms with Crippen molar-refractivity contribution in [1.29, 1.82) is 0 Å². The molecule has 0 saturated heterocycles. The average molecular weight is 378 g/mol. The Balaban J connectivity index is 1.43. The number of anilines is 1. The van der Waals surface area contributed by atoms with Gasteiger partial charge in [-0.3, -0.25) is 9.69 Å². The van der Waals surface area contributed by atoms with E-state index in [0.29, 0.717) is 11.8 Å². The molecule has 6 nitrogen and oxygen atoms in total. The fourth-order valence-electron chi connectivity index (χ4n) is 3.54. The van der Waals surface area contributed by atoms with Crippen molar-refractivity contribution in [3.63, 3.8) is 0 Å². The van der Waals surface area contributed by atoms with Crippen LogP contribution in [0, 0.1) is 6.92 Å². The number of carbonyl (C=O) groups excluding carboxylic acids is 1. The Bertz CT molecular complexity index is 992. The predicted octanol–water partition coefficient (Wildman–Crippen LogP) is 3.59. The van der Waals surface area contributed by atoms with Crippen molar-refractivity contribution in [2.24, 2.45) is 0 Å². The Morgan fingerprint density at radius 2 is 1.96 bits per heavy atom. The van der Waals surface area contributed by atoms with E-state index < -0.39 is 0 Å². The van der Waals surface area contributed by atoms with Crippen molar-refractivity contribution in [2.75, 3.05) is 18.5 Å².